The molecule has 2 amide bonds. The highest BCUT2D eigenvalue weighted by Crippen LogP contribution is 2.43. The standard InChI is InChI=1S/C29H30N2O7/c1-34-21-8-6-20(7-9-21)31-27(32)13-10-22(28(31)18-4-11-23(35-2)25(16-18)36-3)29(33)30-19-5-12-24-26(17-19)38-15-14-37-24/h4-9,11-12,16-17,22,28H,10,13-15H2,1-3H3,(H,30,33)/t22-,28-/m1/s1. The van der Waals surface area contributed by atoms with Gasteiger partial charge in [0.25, 0.3) is 0 Å². The van der Waals surface area contributed by atoms with Crippen molar-refractivity contribution in [3.8, 4) is 28.7 Å². The number of carbonyl (C=O) groups is 2. The van der Waals surface area contributed by atoms with Crippen molar-refractivity contribution >= 4 is 23.2 Å². The summed E-state index contributed by atoms with van der Waals surface area (Å²) in [4.78, 5) is 28.9. The molecule has 0 unspecified atom stereocenters. The normalized spacial score (nSPS) is 18.5. The van der Waals surface area contributed by atoms with Gasteiger partial charge in [0.05, 0.1) is 33.3 Å². The maximum absolute atomic E-state index is 13.8. The van der Waals surface area contributed by atoms with Crippen molar-refractivity contribution in [1.29, 1.82) is 0 Å². The number of anilines is 2. The maximum atomic E-state index is 13.8. The van der Waals surface area contributed by atoms with E-state index in [-0.39, 0.29) is 18.2 Å². The lowest BCUT2D eigenvalue weighted by atomic mass is 9.83. The maximum Gasteiger partial charge on any atom is 0.229 e. The molecule has 2 aliphatic rings. The lowest BCUT2D eigenvalue weighted by Crippen LogP contribution is -2.47. The fraction of sp³-hybridized carbons (Fsp3) is 0.310. The minimum Gasteiger partial charge on any atom is -0.497 e. The molecule has 2 atom stereocenters. The highest BCUT2D eigenvalue weighted by atomic mass is 16.6. The molecule has 38 heavy (non-hydrogen) atoms. The lowest BCUT2D eigenvalue weighted by Gasteiger charge is -2.41. The Morgan fingerprint density at radius 1 is 0.868 bits per heavy atom. The first kappa shape index (κ1) is 25.3. The highest BCUT2D eigenvalue weighted by molar-refractivity contribution is 6.00. The van der Waals surface area contributed by atoms with Gasteiger partial charge in [0.1, 0.15) is 19.0 Å². The van der Waals surface area contributed by atoms with Crippen molar-refractivity contribution in [3.63, 3.8) is 0 Å². The molecule has 2 heterocycles. The number of hydrogen-bond donors (Lipinski definition) is 1. The number of nitrogens with one attached hydrogen (secondary N) is 1. The monoisotopic (exact) mass is 518 g/mol. The first-order chi connectivity index (χ1) is 18.5. The second-order valence-corrected chi connectivity index (χ2v) is 9.01. The zero-order valence-corrected chi connectivity index (χ0v) is 21.6. The van der Waals surface area contributed by atoms with Crippen LogP contribution in [-0.2, 0) is 9.59 Å². The van der Waals surface area contributed by atoms with Gasteiger partial charge in [-0.1, -0.05) is 6.07 Å². The van der Waals surface area contributed by atoms with Gasteiger partial charge in [-0.3, -0.25) is 9.59 Å². The zero-order valence-electron chi connectivity index (χ0n) is 21.6. The molecular formula is C29H30N2O7. The van der Waals surface area contributed by atoms with Crippen LogP contribution in [0.4, 0.5) is 11.4 Å². The Bertz CT molecular complexity index is 1330. The van der Waals surface area contributed by atoms with Crippen molar-refractivity contribution in [2.75, 3.05) is 44.8 Å². The van der Waals surface area contributed by atoms with Gasteiger partial charge in [0.2, 0.25) is 11.8 Å². The predicted octanol–water partition coefficient (Wildman–Crippen LogP) is 4.61. The van der Waals surface area contributed by atoms with E-state index in [4.69, 9.17) is 23.7 Å². The van der Waals surface area contributed by atoms with Crippen molar-refractivity contribution in [1.82, 2.24) is 0 Å². The second-order valence-electron chi connectivity index (χ2n) is 9.01. The van der Waals surface area contributed by atoms with Gasteiger partial charge < -0.3 is 33.9 Å². The number of methoxy groups -OCH3 is 3. The molecule has 1 N–H and O–H groups in total. The summed E-state index contributed by atoms with van der Waals surface area (Å²) in [5.74, 6) is 2.17. The van der Waals surface area contributed by atoms with E-state index in [2.05, 4.69) is 5.32 Å². The molecule has 0 radical (unpaired) electrons. The van der Waals surface area contributed by atoms with Crippen molar-refractivity contribution < 1.29 is 33.3 Å². The zero-order chi connectivity index (χ0) is 26.6. The highest BCUT2D eigenvalue weighted by Gasteiger charge is 2.42. The summed E-state index contributed by atoms with van der Waals surface area (Å²) in [7, 11) is 4.71. The van der Waals surface area contributed by atoms with Crippen LogP contribution < -0.4 is 33.9 Å². The summed E-state index contributed by atoms with van der Waals surface area (Å²) < 4.78 is 27.5. The molecule has 0 spiro atoms. The fourth-order valence-electron chi connectivity index (χ4n) is 4.99. The van der Waals surface area contributed by atoms with E-state index >= 15 is 0 Å². The Morgan fingerprint density at radius 2 is 1.61 bits per heavy atom. The van der Waals surface area contributed by atoms with Crippen LogP contribution in [0.5, 0.6) is 28.7 Å². The first-order valence-corrected chi connectivity index (χ1v) is 12.4. The fourth-order valence-corrected chi connectivity index (χ4v) is 4.99. The van der Waals surface area contributed by atoms with Crippen molar-refractivity contribution in [3.05, 3.63) is 66.2 Å². The predicted molar refractivity (Wildman–Crippen MR) is 142 cm³/mol. The smallest absolute Gasteiger partial charge is 0.229 e. The van der Waals surface area contributed by atoms with Crippen LogP contribution in [0.15, 0.2) is 60.7 Å². The third-order valence-corrected chi connectivity index (χ3v) is 6.84. The van der Waals surface area contributed by atoms with Gasteiger partial charge >= 0.3 is 0 Å². The Balaban J connectivity index is 1.52. The van der Waals surface area contributed by atoms with E-state index in [0.29, 0.717) is 59.8 Å². The average molecular weight is 519 g/mol. The number of carbonyl (C=O) groups excluding carboxylic acids is 2. The third-order valence-electron chi connectivity index (χ3n) is 6.84. The molecule has 2 aliphatic heterocycles. The van der Waals surface area contributed by atoms with E-state index < -0.39 is 12.0 Å². The Kier molecular flexibility index (Phi) is 7.26. The topological polar surface area (TPSA) is 95.6 Å². The molecule has 0 bridgehead atoms. The summed E-state index contributed by atoms with van der Waals surface area (Å²) >= 11 is 0. The van der Waals surface area contributed by atoms with Gasteiger partial charge in [-0.05, 0) is 60.5 Å². The lowest BCUT2D eigenvalue weighted by molar-refractivity contribution is -0.125. The van der Waals surface area contributed by atoms with Crippen LogP contribution in [0.2, 0.25) is 0 Å². The molecule has 9 nitrogen and oxygen atoms in total. The Labute approximate surface area is 221 Å². The average Bonchev–Trinajstić information content (AvgIpc) is 2.96. The number of nitrogens with zero attached hydrogens (tertiary/aromatic N) is 1. The molecule has 1 saturated heterocycles. The minimum atomic E-state index is -0.582. The van der Waals surface area contributed by atoms with Gasteiger partial charge in [0, 0.05) is 23.9 Å². The minimum absolute atomic E-state index is 0.0710. The second kappa shape index (κ2) is 10.9. The molecule has 9 heteroatoms. The summed E-state index contributed by atoms with van der Waals surface area (Å²) in [5.41, 5.74) is 2.03. The molecule has 3 aromatic carbocycles. The SMILES string of the molecule is COc1ccc(N2C(=O)CC[C@@H](C(=O)Nc3ccc4c(c3)OCCO4)[C@H]2c2ccc(OC)c(OC)c2)cc1. The summed E-state index contributed by atoms with van der Waals surface area (Å²) in [6.45, 7) is 0.941. The number of rotatable bonds is 7. The quantitative estimate of drug-likeness (QED) is 0.488. The Morgan fingerprint density at radius 3 is 2.32 bits per heavy atom. The van der Waals surface area contributed by atoms with Crippen molar-refractivity contribution in [2.45, 2.75) is 18.9 Å². The van der Waals surface area contributed by atoms with E-state index in [1.54, 1.807) is 62.6 Å². The van der Waals surface area contributed by atoms with E-state index in [1.165, 1.54) is 0 Å². The molecule has 0 aromatic heterocycles. The number of fused-ring (bicyclic) bond motifs is 1. The largest absolute Gasteiger partial charge is 0.497 e. The number of amides is 2. The molecule has 0 saturated carbocycles. The van der Waals surface area contributed by atoms with Crippen LogP contribution in [-0.4, -0.2) is 46.4 Å². The first-order valence-electron chi connectivity index (χ1n) is 12.4. The summed E-state index contributed by atoms with van der Waals surface area (Å²) in [5, 5.41) is 3.03. The van der Waals surface area contributed by atoms with E-state index in [1.807, 2.05) is 24.3 Å². The third kappa shape index (κ3) is 4.91. The Hall–Kier alpha value is -4.40. The van der Waals surface area contributed by atoms with Gasteiger partial charge in [0.15, 0.2) is 23.0 Å². The molecule has 1 fully saturated rings. The molecule has 0 aliphatic carbocycles. The van der Waals surface area contributed by atoms with Crippen LogP contribution in [0.25, 0.3) is 0 Å². The van der Waals surface area contributed by atoms with Crippen LogP contribution >= 0.6 is 0 Å². The number of piperidine rings is 1. The van der Waals surface area contributed by atoms with Crippen LogP contribution in [0, 0.1) is 5.92 Å². The molecular weight excluding hydrogens is 488 g/mol. The number of benzene rings is 3. The van der Waals surface area contributed by atoms with Gasteiger partial charge in [-0.2, -0.15) is 0 Å². The molecule has 5 rings (SSSR count). The van der Waals surface area contributed by atoms with Gasteiger partial charge in [-0.25, -0.2) is 0 Å². The molecule has 3 aromatic rings. The van der Waals surface area contributed by atoms with E-state index in [0.717, 1.165) is 5.56 Å². The number of ether oxygens (including phenoxy) is 5. The van der Waals surface area contributed by atoms with Crippen molar-refractivity contribution in [2.24, 2.45) is 5.92 Å². The van der Waals surface area contributed by atoms with E-state index in [9.17, 15) is 9.59 Å². The summed E-state index contributed by atoms with van der Waals surface area (Å²) in [6.07, 6.45) is 0.621. The number of hydrogen-bond acceptors (Lipinski definition) is 7. The molecule has 198 valence electrons. The van der Waals surface area contributed by atoms with Gasteiger partial charge in [-0.15, -0.1) is 0 Å². The van der Waals surface area contributed by atoms with Crippen LogP contribution in [0.1, 0.15) is 24.4 Å². The van der Waals surface area contributed by atoms with Crippen LogP contribution in [0.3, 0.4) is 0 Å². The summed E-state index contributed by atoms with van der Waals surface area (Å²) in [6, 6.07) is 17.5.